The Kier molecular flexibility index (Phi) is 1.86. The van der Waals surface area contributed by atoms with Gasteiger partial charge in [-0.3, -0.25) is 0 Å². The standard InChI is InChI=1S/C14H19N/c1-14(2)9-5-7-11-10-6-3-4-8-12(10)15-13(11)14/h3-4,6,8,11,13,15H,5,7,9H2,1-2H3. The maximum Gasteiger partial charge on any atom is 0.0381 e. The third-order valence-corrected chi connectivity index (χ3v) is 4.25. The maximum atomic E-state index is 3.73. The SMILES string of the molecule is CC1(C)CCCC2c3ccccc3NC21. The van der Waals surface area contributed by atoms with Crippen molar-refractivity contribution >= 4 is 5.69 Å². The van der Waals surface area contributed by atoms with Gasteiger partial charge in [-0.2, -0.15) is 0 Å². The van der Waals surface area contributed by atoms with Gasteiger partial charge in [-0.05, 0) is 29.9 Å². The highest BCUT2D eigenvalue weighted by molar-refractivity contribution is 5.60. The normalized spacial score (nSPS) is 31.6. The van der Waals surface area contributed by atoms with Crippen LogP contribution in [0, 0.1) is 5.41 Å². The average Bonchev–Trinajstić information content (AvgIpc) is 2.58. The molecule has 0 aromatic heterocycles. The first kappa shape index (κ1) is 9.26. The minimum Gasteiger partial charge on any atom is -0.381 e. The number of rotatable bonds is 0. The van der Waals surface area contributed by atoms with Crippen molar-refractivity contribution in [2.24, 2.45) is 5.41 Å². The smallest absolute Gasteiger partial charge is 0.0381 e. The van der Waals surface area contributed by atoms with Crippen molar-refractivity contribution in [3.8, 4) is 0 Å². The van der Waals surface area contributed by atoms with Crippen molar-refractivity contribution in [2.45, 2.75) is 45.1 Å². The van der Waals surface area contributed by atoms with Crippen molar-refractivity contribution in [1.29, 1.82) is 0 Å². The van der Waals surface area contributed by atoms with Gasteiger partial charge >= 0.3 is 0 Å². The zero-order valence-electron chi connectivity index (χ0n) is 9.59. The van der Waals surface area contributed by atoms with Crippen molar-refractivity contribution in [2.75, 3.05) is 5.32 Å². The number of nitrogens with one attached hydrogen (secondary N) is 1. The monoisotopic (exact) mass is 201 g/mol. The average molecular weight is 201 g/mol. The lowest BCUT2D eigenvalue weighted by atomic mass is 9.68. The van der Waals surface area contributed by atoms with Crippen LogP contribution in [0.5, 0.6) is 0 Å². The van der Waals surface area contributed by atoms with Gasteiger partial charge in [0.1, 0.15) is 0 Å². The van der Waals surface area contributed by atoms with Gasteiger partial charge in [-0.1, -0.05) is 38.5 Å². The Morgan fingerprint density at radius 1 is 1.27 bits per heavy atom. The van der Waals surface area contributed by atoms with E-state index in [-0.39, 0.29) is 0 Å². The van der Waals surface area contributed by atoms with E-state index in [2.05, 4.69) is 43.4 Å². The molecule has 1 saturated carbocycles. The molecule has 0 spiro atoms. The van der Waals surface area contributed by atoms with E-state index in [1.807, 2.05) is 0 Å². The van der Waals surface area contributed by atoms with Crippen LogP contribution in [0.15, 0.2) is 24.3 Å². The first-order valence-corrected chi connectivity index (χ1v) is 6.04. The lowest BCUT2D eigenvalue weighted by Crippen LogP contribution is -2.40. The molecule has 1 fully saturated rings. The number of hydrogen-bond acceptors (Lipinski definition) is 1. The van der Waals surface area contributed by atoms with Gasteiger partial charge < -0.3 is 5.32 Å². The van der Waals surface area contributed by atoms with E-state index in [1.54, 1.807) is 5.56 Å². The summed E-state index contributed by atoms with van der Waals surface area (Å²) in [6, 6.07) is 9.49. The highest BCUT2D eigenvalue weighted by atomic mass is 15.0. The number of benzene rings is 1. The number of hydrogen-bond donors (Lipinski definition) is 1. The Morgan fingerprint density at radius 3 is 2.93 bits per heavy atom. The van der Waals surface area contributed by atoms with Crippen LogP contribution in [0.1, 0.15) is 44.6 Å². The quantitative estimate of drug-likeness (QED) is 0.673. The maximum absolute atomic E-state index is 3.73. The van der Waals surface area contributed by atoms with Gasteiger partial charge in [0.15, 0.2) is 0 Å². The lowest BCUT2D eigenvalue weighted by Gasteiger charge is -2.40. The molecule has 15 heavy (non-hydrogen) atoms. The molecule has 0 saturated heterocycles. The van der Waals surface area contributed by atoms with Crippen LogP contribution < -0.4 is 5.32 Å². The topological polar surface area (TPSA) is 12.0 Å². The van der Waals surface area contributed by atoms with Crippen LogP contribution in [0.4, 0.5) is 5.69 Å². The van der Waals surface area contributed by atoms with E-state index in [4.69, 9.17) is 0 Å². The largest absolute Gasteiger partial charge is 0.381 e. The molecule has 80 valence electrons. The Labute approximate surface area is 91.9 Å². The lowest BCUT2D eigenvalue weighted by molar-refractivity contribution is 0.200. The molecule has 1 aromatic rings. The van der Waals surface area contributed by atoms with Gasteiger partial charge in [-0.25, -0.2) is 0 Å². The molecule has 1 heteroatoms. The van der Waals surface area contributed by atoms with Crippen molar-refractivity contribution in [3.05, 3.63) is 29.8 Å². The molecule has 0 amide bonds. The van der Waals surface area contributed by atoms with Crippen LogP contribution in [0.3, 0.4) is 0 Å². The molecular formula is C14H19N. The van der Waals surface area contributed by atoms with E-state index < -0.39 is 0 Å². The van der Waals surface area contributed by atoms with Gasteiger partial charge in [0, 0.05) is 17.6 Å². The summed E-state index contributed by atoms with van der Waals surface area (Å²) < 4.78 is 0. The van der Waals surface area contributed by atoms with Gasteiger partial charge in [0.25, 0.3) is 0 Å². The molecule has 1 heterocycles. The predicted octanol–water partition coefficient (Wildman–Crippen LogP) is 3.77. The van der Waals surface area contributed by atoms with E-state index in [9.17, 15) is 0 Å². The molecule has 1 N–H and O–H groups in total. The summed E-state index contributed by atoms with van der Waals surface area (Å²) >= 11 is 0. The molecule has 1 aliphatic heterocycles. The molecule has 1 aliphatic carbocycles. The van der Waals surface area contributed by atoms with Crippen molar-refractivity contribution in [3.63, 3.8) is 0 Å². The summed E-state index contributed by atoms with van der Waals surface area (Å²) in [6.45, 7) is 4.81. The number of para-hydroxylation sites is 1. The van der Waals surface area contributed by atoms with Crippen LogP contribution in [-0.2, 0) is 0 Å². The highest BCUT2D eigenvalue weighted by Gasteiger charge is 2.43. The van der Waals surface area contributed by atoms with Crippen LogP contribution >= 0.6 is 0 Å². The number of anilines is 1. The third-order valence-electron chi connectivity index (χ3n) is 4.25. The van der Waals surface area contributed by atoms with Gasteiger partial charge in [-0.15, -0.1) is 0 Å². The van der Waals surface area contributed by atoms with Crippen LogP contribution in [0.2, 0.25) is 0 Å². The predicted molar refractivity (Wildman–Crippen MR) is 64.2 cm³/mol. The Hall–Kier alpha value is -0.980. The van der Waals surface area contributed by atoms with E-state index in [0.717, 1.165) is 5.92 Å². The molecule has 0 radical (unpaired) electrons. The summed E-state index contributed by atoms with van der Waals surface area (Å²) in [5.74, 6) is 0.755. The second-order valence-electron chi connectivity index (χ2n) is 5.70. The molecule has 0 bridgehead atoms. The first-order valence-electron chi connectivity index (χ1n) is 6.04. The second-order valence-corrected chi connectivity index (χ2v) is 5.70. The van der Waals surface area contributed by atoms with E-state index in [0.29, 0.717) is 11.5 Å². The Balaban J connectivity index is 2.02. The van der Waals surface area contributed by atoms with E-state index >= 15 is 0 Å². The summed E-state index contributed by atoms with van der Waals surface area (Å²) in [5.41, 5.74) is 3.37. The molecule has 2 aliphatic rings. The summed E-state index contributed by atoms with van der Waals surface area (Å²) in [4.78, 5) is 0. The minimum atomic E-state index is 0.446. The zero-order valence-corrected chi connectivity index (χ0v) is 9.59. The summed E-state index contributed by atoms with van der Waals surface area (Å²) in [5, 5.41) is 3.73. The summed E-state index contributed by atoms with van der Waals surface area (Å²) in [6.07, 6.45) is 4.09. The Bertz CT molecular complexity index is 381. The molecule has 2 unspecified atom stereocenters. The zero-order chi connectivity index (χ0) is 10.5. The molecule has 1 nitrogen and oxygen atoms in total. The van der Waals surface area contributed by atoms with Gasteiger partial charge in [0.05, 0.1) is 0 Å². The molecular weight excluding hydrogens is 182 g/mol. The van der Waals surface area contributed by atoms with Gasteiger partial charge in [0.2, 0.25) is 0 Å². The van der Waals surface area contributed by atoms with Crippen molar-refractivity contribution < 1.29 is 0 Å². The van der Waals surface area contributed by atoms with Crippen LogP contribution in [0.25, 0.3) is 0 Å². The molecule has 1 aromatic carbocycles. The third kappa shape index (κ3) is 1.29. The molecule has 3 rings (SSSR count). The highest BCUT2D eigenvalue weighted by Crippen LogP contribution is 2.50. The van der Waals surface area contributed by atoms with E-state index in [1.165, 1.54) is 24.9 Å². The Morgan fingerprint density at radius 2 is 2.07 bits per heavy atom. The number of fused-ring (bicyclic) bond motifs is 3. The minimum absolute atomic E-state index is 0.446. The fraction of sp³-hybridized carbons (Fsp3) is 0.571. The first-order chi connectivity index (χ1) is 7.18. The fourth-order valence-corrected chi connectivity index (χ4v) is 3.39. The second kappa shape index (κ2) is 3.01. The van der Waals surface area contributed by atoms with Crippen LogP contribution in [-0.4, -0.2) is 6.04 Å². The fourth-order valence-electron chi connectivity index (χ4n) is 3.39. The van der Waals surface area contributed by atoms with Crippen molar-refractivity contribution in [1.82, 2.24) is 0 Å². The molecule has 2 atom stereocenters. The summed E-state index contributed by atoms with van der Waals surface area (Å²) in [7, 11) is 0.